The number of aliphatic imine (C=N–C) groups is 1. The van der Waals surface area contributed by atoms with Gasteiger partial charge >= 0.3 is 0 Å². The van der Waals surface area contributed by atoms with Crippen molar-refractivity contribution in [1.82, 2.24) is 14.5 Å². The number of halogens is 2. The fraction of sp³-hybridized carbons (Fsp3) is 0.200. The molecule has 2 heterocycles. The summed E-state index contributed by atoms with van der Waals surface area (Å²) in [6.45, 7) is 4.96. The van der Waals surface area contributed by atoms with Gasteiger partial charge in [-0.05, 0) is 43.7 Å². The van der Waals surface area contributed by atoms with E-state index in [-0.39, 0.29) is 18.0 Å². The predicted molar refractivity (Wildman–Crippen MR) is 125 cm³/mol. The van der Waals surface area contributed by atoms with Crippen LogP contribution in [0.25, 0.3) is 16.0 Å². The van der Waals surface area contributed by atoms with E-state index in [1.54, 1.807) is 42.4 Å². The summed E-state index contributed by atoms with van der Waals surface area (Å²) in [7, 11) is 0. The molecule has 1 N–H and O–H groups in total. The van der Waals surface area contributed by atoms with Crippen molar-refractivity contribution in [3.05, 3.63) is 74.6 Å². The summed E-state index contributed by atoms with van der Waals surface area (Å²) in [4.78, 5) is 24.4. The Hall–Kier alpha value is -2.33. The maximum absolute atomic E-state index is 12.9. The average molecular weight is 467 g/mol. The Morgan fingerprint density at radius 1 is 1.50 bits per heavy atom. The van der Waals surface area contributed by atoms with Gasteiger partial charge in [0.2, 0.25) is 0 Å². The first kappa shape index (κ1) is 23.9. The SMILES string of the molecule is C=N/C=C(\C=C/CO)n1c(C)nc2ncsc2c1=O.CSCc1ccc(Cl)cc1F. The summed E-state index contributed by atoms with van der Waals surface area (Å²) in [5, 5.41) is 9.29. The minimum Gasteiger partial charge on any atom is -0.392 e. The highest BCUT2D eigenvalue weighted by Gasteiger charge is 2.12. The van der Waals surface area contributed by atoms with Crippen molar-refractivity contribution in [1.29, 1.82) is 0 Å². The highest BCUT2D eigenvalue weighted by atomic mass is 35.5. The Morgan fingerprint density at radius 3 is 2.90 bits per heavy atom. The lowest BCUT2D eigenvalue weighted by molar-refractivity contribution is 0.343. The first-order chi connectivity index (χ1) is 14.4. The first-order valence-corrected chi connectivity index (χ1v) is 11.3. The van der Waals surface area contributed by atoms with Crippen LogP contribution in [0.1, 0.15) is 11.4 Å². The summed E-state index contributed by atoms with van der Waals surface area (Å²) in [6.07, 6.45) is 6.49. The highest BCUT2D eigenvalue weighted by molar-refractivity contribution is 7.97. The van der Waals surface area contributed by atoms with Crippen LogP contribution >= 0.6 is 34.7 Å². The van der Waals surface area contributed by atoms with E-state index < -0.39 is 0 Å². The number of thiazole rings is 1. The first-order valence-electron chi connectivity index (χ1n) is 8.62. The van der Waals surface area contributed by atoms with Crippen LogP contribution in [-0.4, -0.2) is 39.2 Å². The summed E-state index contributed by atoms with van der Waals surface area (Å²) in [6, 6.07) is 4.76. The van der Waals surface area contributed by atoms with Crippen LogP contribution in [0.5, 0.6) is 0 Å². The van der Waals surface area contributed by atoms with E-state index in [0.29, 0.717) is 38.2 Å². The molecule has 2 aromatic heterocycles. The van der Waals surface area contributed by atoms with Crippen molar-refractivity contribution >= 4 is 57.5 Å². The molecular formula is C20H20ClFN4O2S2. The van der Waals surface area contributed by atoms with Gasteiger partial charge in [-0.25, -0.2) is 14.4 Å². The second kappa shape index (κ2) is 11.8. The van der Waals surface area contributed by atoms with Gasteiger partial charge in [0.15, 0.2) is 5.65 Å². The molecule has 0 amide bonds. The van der Waals surface area contributed by atoms with Crippen molar-refractivity contribution in [3.63, 3.8) is 0 Å². The minimum absolute atomic E-state index is 0.126. The van der Waals surface area contributed by atoms with Gasteiger partial charge in [-0.2, -0.15) is 11.8 Å². The highest BCUT2D eigenvalue weighted by Crippen LogP contribution is 2.18. The van der Waals surface area contributed by atoms with Crippen LogP contribution in [-0.2, 0) is 5.75 Å². The third-order valence-corrected chi connectivity index (χ3v) is 5.37. The lowest BCUT2D eigenvalue weighted by Crippen LogP contribution is -2.22. The Labute approximate surface area is 186 Å². The number of hydrogen-bond donors (Lipinski definition) is 1. The Morgan fingerprint density at radius 2 is 2.27 bits per heavy atom. The number of fused-ring (bicyclic) bond motifs is 1. The van der Waals surface area contributed by atoms with Gasteiger partial charge in [0.1, 0.15) is 16.3 Å². The van der Waals surface area contributed by atoms with Crippen LogP contribution < -0.4 is 5.56 Å². The van der Waals surface area contributed by atoms with E-state index in [1.807, 2.05) is 6.26 Å². The minimum atomic E-state index is -0.216. The molecule has 10 heteroatoms. The van der Waals surface area contributed by atoms with Crippen molar-refractivity contribution < 1.29 is 9.50 Å². The molecule has 0 bridgehead atoms. The van der Waals surface area contributed by atoms with E-state index in [1.165, 1.54) is 34.2 Å². The molecule has 0 radical (unpaired) electrons. The molecule has 0 spiro atoms. The number of allylic oxidation sites excluding steroid dienone is 2. The number of benzene rings is 1. The van der Waals surface area contributed by atoms with Crippen molar-refractivity contribution in [3.8, 4) is 0 Å². The molecule has 0 saturated heterocycles. The number of rotatable bonds is 6. The lowest BCUT2D eigenvalue weighted by atomic mass is 10.2. The molecule has 0 aliphatic carbocycles. The molecule has 0 fully saturated rings. The van der Waals surface area contributed by atoms with Gasteiger partial charge in [0.05, 0.1) is 24.0 Å². The second-order valence-electron chi connectivity index (χ2n) is 5.79. The van der Waals surface area contributed by atoms with E-state index >= 15 is 0 Å². The number of aryl methyl sites for hydroxylation is 1. The van der Waals surface area contributed by atoms with Crippen molar-refractivity contribution in [2.75, 3.05) is 12.9 Å². The summed E-state index contributed by atoms with van der Waals surface area (Å²) in [5.74, 6) is 0.982. The number of aromatic nitrogens is 3. The van der Waals surface area contributed by atoms with E-state index in [4.69, 9.17) is 16.7 Å². The number of aliphatic hydroxyl groups is 1. The zero-order valence-electron chi connectivity index (χ0n) is 16.4. The molecule has 3 aromatic rings. The van der Waals surface area contributed by atoms with Crippen LogP contribution in [0.4, 0.5) is 4.39 Å². The zero-order chi connectivity index (χ0) is 22.1. The molecule has 30 heavy (non-hydrogen) atoms. The predicted octanol–water partition coefficient (Wildman–Crippen LogP) is 4.55. The van der Waals surface area contributed by atoms with Crippen LogP contribution in [0.2, 0.25) is 5.02 Å². The maximum atomic E-state index is 12.9. The molecule has 158 valence electrons. The third kappa shape index (κ3) is 6.09. The van der Waals surface area contributed by atoms with E-state index in [0.717, 1.165) is 0 Å². The van der Waals surface area contributed by atoms with Gasteiger partial charge < -0.3 is 5.11 Å². The lowest BCUT2D eigenvalue weighted by Gasteiger charge is -2.09. The van der Waals surface area contributed by atoms with Gasteiger partial charge in [0, 0.05) is 10.8 Å². The topological polar surface area (TPSA) is 80.4 Å². The Bertz CT molecular complexity index is 1140. The second-order valence-corrected chi connectivity index (χ2v) is 7.95. The fourth-order valence-corrected chi connectivity index (χ4v) is 3.82. The van der Waals surface area contributed by atoms with Crippen LogP contribution in [0, 0.1) is 12.7 Å². The fourth-order valence-electron chi connectivity index (χ4n) is 2.46. The molecule has 6 nitrogen and oxygen atoms in total. The summed E-state index contributed by atoms with van der Waals surface area (Å²) < 4.78 is 14.8. The quantitative estimate of drug-likeness (QED) is 0.425. The Kier molecular flexibility index (Phi) is 9.38. The largest absolute Gasteiger partial charge is 0.392 e. The smallest absolute Gasteiger partial charge is 0.277 e. The number of hydrogen-bond acceptors (Lipinski definition) is 7. The normalized spacial score (nSPS) is 11.6. The molecule has 0 saturated carbocycles. The number of aliphatic hydroxyl groups excluding tert-OH is 1. The van der Waals surface area contributed by atoms with Crippen LogP contribution in [0.15, 0.2) is 51.8 Å². The number of thioether (sulfide) groups is 1. The molecule has 0 aliphatic rings. The van der Waals surface area contributed by atoms with Gasteiger partial charge in [0.25, 0.3) is 5.56 Å². The maximum Gasteiger partial charge on any atom is 0.277 e. The van der Waals surface area contributed by atoms with Gasteiger partial charge in [-0.1, -0.05) is 23.7 Å². The van der Waals surface area contributed by atoms with Gasteiger partial charge in [-0.15, -0.1) is 11.3 Å². The van der Waals surface area contributed by atoms with Crippen molar-refractivity contribution in [2.24, 2.45) is 4.99 Å². The molecule has 3 rings (SSSR count). The standard InChI is InChI=1S/C12H12N4O2S.C8H8ClFS/c1-8-15-11-10(19-7-14-11)12(18)16(8)9(6-13-2)4-3-5-17;1-11-5-6-2-3-7(9)4-8(6)10/h3-4,6-7,17H,2,5H2,1H3;2-4H,5H2,1H3/b4-3-,9-6+;. The van der Waals surface area contributed by atoms with Gasteiger partial charge in [-0.3, -0.25) is 14.4 Å². The molecule has 0 unspecified atom stereocenters. The number of nitrogens with zero attached hydrogens (tertiary/aromatic N) is 4. The Balaban J connectivity index is 0.000000248. The van der Waals surface area contributed by atoms with Crippen LogP contribution in [0.3, 0.4) is 0 Å². The molecule has 0 atom stereocenters. The van der Waals surface area contributed by atoms with Crippen molar-refractivity contribution in [2.45, 2.75) is 12.7 Å². The summed E-state index contributed by atoms with van der Waals surface area (Å²) in [5.41, 5.74) is 3.03. The molecule has 1 aromatic carbocycles. The van der Waals surface area contributed by atoms with E-state index in [9.17, 15) is 9.18 Å². The molecule has 0 aliphatic heterocycles. The van der Waals surface area contributed by atoms with E-state index in [2.05, 4.69) is 21.7 Å². The molecular weight excluding hydrogens is 447 g/mol. The monoisotopic (exact) mass is 466 g/mol. The summed E-state index contributed by atoms with van der Waals surface area (Å²) >= 11 is 8.40. The average Bonchev–Trinajstić information content (AvgIpc) is 3.17. The zero-order valence-corrected chi connectivity index (χ0v) is 18.8. The third-order valence-electron chi connectivity index (χ3n) is 3.73.